The summed E-state index contributed by atoms with van der Waals surface area (Å²) in [5, 5.41) is 4.00. The predicted octanol–water partition coefficient (Wildman–Crippen LogP) is 3.61. The Morgan fingerprint density at radius 2 is 1.70 bits per heavy atom. The van der Waals surface area contributed by atoms with Crippen molar-refractivity contribution < 1.29 is 9.32 Å². The Balaban J connectivity index is 1.36. The van der Waals surface area contributed by atoms with Gasteiger partial charge >= 0.3 is 0 Å². The molecule has 0 unspecified atom stereocenters. The van der Waals surface area contributed by atoms with E-state index in [-0.39, 0.29) is 5.91 Å². The molecule has 138 valence electrons. The highest BCUT2D eigenvalue weighted by atomic mass is 16.5. The molecule has 0 N–H and O–H groups in total. The lowest BCUT2D eigenvalue weighted by Gasteiger charge is -2.34. The Hall–Kier alpha value is -2.92. The molecule has 0 bridgehead atoms. The van der Waals surface area contributed by atoms with Gasteiger partial charge in [-0.2, -0.15) is 0 Å². The van der Waals surface area contributed by atoms with E-state index in [1.165, 1.54) is 11.1 Å². The van der Waals surface area contributed by atoms with Gasteiger partial charge in [-0.15, -0.1) is 0 Å². The molecule has 4 rings (SSSR count). The first-order valence-electron chi connectivity index (χ1n) is 9.28. The van der Waals surface area contributed by atoms with Crippen LogP contribution in [-0.4, -0.2) is 47.0 Å². The van der Waals surface area contributed by atoms with Crippen molar-refractivity contribution in [2.45, 2.75) is 13.5 Å². The highest BCUT2D eigenvalue weighted by Crippen LogP contribution is 2.21. The van der Waals surface area contributed by atoms with Gasteiger partial charge in [0.15, 0.2) is 11.5 Å². The van der Waals surface area contributed by atoms with Gasteiger partial charge in [-0.3, -0.25) is 9.69 Å². The fourth-order valence-corrected chi connectivity index (χ4v) is 3.34. The summed E-state index contributed by atoms with van der Waals surface area (Å²) in [4.78, 5) is 17.0. The van der Waals surface area contributed by atoms with E-state index in [2.05, 4.69) is 34.3 Å². The Morgan fingerprint density at radius 1 is 1.00 bits per heavy atom. The number of rotatable bonds is 4. The third kappa shape index (κ3) is 4.09. The van der Waals surface area contributed by atoms with Crippen LogP contribution in [-0.2, 0) is 6.54 Å². The van der Waals surface area contributed by atoms with Gasteiger partial charge in [-0.05, 0) is 12.5 Å². The maximum atomic E-state index is 12.7. The molecule has 5 nitrogen and oxygen atoms in total. The van der Waals surface area contributed by atoms with Crippen LogP contribution in [0.3, 0.4) is 0 Å². The van der Waals surface area contributed by atoms with Gasteiger partial charge in [-0.25, -0.2) is 0 Å². The van der Waals surface area contributed by atoms with Crippen LogP contribution in [0.1, 0.15) is 21.6 Å². The van der Waals surface area contributed by atoms with E-state index in [1.807, 2.05) is 42.2 Å². The number of piperazine rings is 1. The number of carbonyl (C=O) groups excluding carboxylic acids is 1. The molecule has 1 amide bonds. The number of hydrogen-bond acceptors (Lipinski definition) is 4. The smallest absolute Gasteiger partial charge is 0.276 e. The molecule has 5 heteroatoms. The molecule has 1 aromatic heterocycles. The van der Waals surface area contributed by atoms with E-state index in [9.17, 15) is 4.79 Å². The Kier molecular flexibility index (Phi) is 5.03. The fraction of sp³-hybridized carbons (Fsp3) is 0.273. The summed E-state index contributed by atoms with van der Waals surface area (Å²) < 4.78 is 5.39. The number of benzene rings is 2. The molecule has 2 aromatic carbocycles. The topological polar surface area (TPSA) is 49.6 Å². The zero-order valence-electron chi connectivity index (χ0n) is 15.5. The zero-order valence-corrected chi connectivity index (χ0v) is 15.5. The van der Waals surface area contributed by atoms with Gasteiger partial charge in [0.05, 0.1) is 0 Å². The third-order valence-electron chi connectivity index (χ3n) is 4.97. The summed E-state index contributed by atoms with van der Waals surface area (Å²) in [5.41, 5.74) is 3.79. The van der Waals surface area contributed by atoms with Gasteiger partial charge in [0.2, 0.25) is 0 Å². The standard InChI is InChI=1S/C22H23N3O2/c1-17-7-9-19(10-8-17)21-15-20(23-27-21)22(26)25-13-11-24(12-14-25)16-18-5-3-2-4-6-18/h2-10,15H,11-14,16H2,1H3. The monoisotopic (exact) mass is 361 g/mol. The average Bonchev–Trinajstić information content (AvgIpc) is 3.20. The van der Waals surface area contributed by atoms with Crippen molar-refractivity contribution in [3.63, 3.8) is 0 Å². The van der Waals surface area contributed by atoms with Crippen molar-refractivity contribution in [3.05, 3.63) is 77.5 Å². The molecule has 1 aliphatic rings. The quantitative estimate of drug-likeness (QED) is 0.712. The van der Waals surface area contributed by atoms with E-state index in [4.69, 9.17) is 4.52 Å². The normalized spacial score (nSPS) is 15.1. The lowest BCUT2D eigenvalue weighted by molar-refractivity contribution is 0.0618. The number of nitrogens with zero attached hydrogens (tertiary/aromatic N) is 3. The lowest BCUT2D eigenvalue weighted by Crippen LogP contribution is -2.48. The molecule has 1 saturated heterocycles. The zero-order chi connectivity index (χ0) is 18.6. The minimum atomic E-state index is -0.0588. The fourth-order valence-electron chi connectivity index (χ4n) is 3.34. The van der Waals surface area contributed by atoms with Crippen LogP contribution in [0.2, 0.25) is 0 Å². The molecule has 0 saturated carbocycles. The van der Waals surface area contributed by atoms with Crippen LogP contribution in [0.15, 0.2) is 65.2 Å². The molecule has 0 radical (unpaired) electrons. The van der Waals surface area contributed by atoms with E-state index >= 15 is 0 Å². The van der Waals surface area contributed by atoms with Gasteiger partial charge in [0.25, 0.3) is 5.91 Å². The van der Waals surface area contributed by atoms with Crippen LogP contribution < -0.4 is 0 Å². The maximum absolute atomic E-state index is 12.7. The Morgan fingerprint density at radius 3 is 2.41 bits per heavy atom. The summed E-state index contributed by atoms with van der Waals surface area (Å²) in [6.45, 7) is 6.10. The predicted molar refractivity (Wildman–Crippen MR) is 104 cm³/mol. The molecule has 0 spiro atoms. The molecule has 1 aliphatic heterocycles. The van der Waals surface area contributed by atoms with Crippen molar-refractivity contribution in [2.75, 3.05) is 26.2 Å². The van der Waals surface area contributed by atoms with E-state index in [0.717, 1.165) is 25.2 Å². The van der Waals surface area contributed by atoms with Crippen molar-refractivity contribution in [2.24, 2.45) is 0 Å². The first-order chi connectivity index (χ1) is 13.2. The largest absolute Gasteiger partial charge is 0.355 e. The van der Waals surface area contributed by atoms with Crippen LogP contribution in [0, 0.1) is 6.92 Å². The highest BCUT2D eigenvalue weighted by Gasteiger charge is 2.24. The van der Waals surface area contributed by atoms with E-state index in [1.54, 1.807) is 6.07 Å². The Bertz CT molecular complexity index is 895. The van der Waals surface area contributed by atoms with Crippen LogP contribution in [0.5, 0.6) is 0 Å². The van der Waals surface area contributed by atoms with Crippen LogP contribution in [0.4, 0.5) is 0 Å². The van der Waals surface area contributed by atoms with Crippen molar-refractivity contribution in [1.82, 2.24) is 15.0 Å². The molecule has 2 heterocycles. The summed E-state index contributed by atoms with van der Waals surface area (Å²) in [6, 6.07) is 20.2. The first-order valence-corrected chi connectivity index (χ1v) is 9.28. The SMILES string of the molecule is Cc1ccc(-c2cc(C(=O)N3CCN(Cc4ccccc4)CC3)no2)cc1. The number of aryl methyl sites for hydroxylation is 1. The second kappa shape index (κ2) is 7.76. The lowest BCUT2D eigenvalue weighted by atomic mass is 10.1. The second-order valence-electron chi connectivity index (χ2n) is 7.00. The van der Waals surface area contributed by atoms with Crippen molar-refractivity contribution >= 4 is 5.91 Å². The number of amides is 1. The van der Waals surface area contributed by atoms with E-state index in [0.29, 0.717) is 24.5 Å². The van der Waals surface area contributed by atoms with Crippen molar-refractivity contribution in [1.29, 1.82) is 0 Å². The molecule has 1 fully saturated rings. The van der Waals surface area contributed by atoms with Gasteiger partial charge < -0.3 is 9.42 Å². The first kappa shape index (κ1) is 17.5. The van der Waals surface area contributed by atoms with Gasteiger partial charge in [-0.1, -0.05) is 65.3 Å². The van der Waals surface area contributed by atoms with Crippen LogP contribution in [0.25, 0.3) is 11.3 Å². The Labute approximate surface area is 159 Å². The summed E-state index contributed by atoms with van der Waals surface area (Å²) in [6.07, 6.45) is 0. The minimum absolute atomic E-state index is 0.0588. The van der Waals surface area contributed by atoms with E-state index < -0.39 is 0 Å². The second-order valence-corrected chi connectivity index (χ2v) is 7.00. The number of carbonyl (C=O) groups is 1. The molecule has 0 aliphatic carbocycles. The summed E-state index contributed by atoms with van der Waals surface area (Å²) >= 11 is 0. The molecular formula is C22H23N3O2. The number of hydrogen-bond donors (Lipinski definition) is 0. The van der Waals surface area contributed by atoms with Crippen LogP contribution >= 0.6 is 0 Å². The molecular weight excluding hydrogens is 338 g/mol. The number of aromatic nitrogens is 1. The third-order valence-corrected chi connectivity index (χ3v) is 4.97. The molecule has 0 atom stereocenters. The maximum Gasteiger partial charge on any atom is 0.276 e. The summed E-state index contributed by atoms with van der Waals surface area (Å²) in [5.74, 6) is 0.567. The van der Waals surface area contributed by atoms with Gasteiger partial charge in [0.1, 0.15) is 0 Å². The molecule has 27 heavy (non-hydrogen) atoms. The van der Waals surface area contributed by atoms with Crippen molar-refractivity contribution in [3.8, 4) is 11.3 Å². The molecule has 3 aromatic rings. The summed E-state index contributed by atoms with van der Waals surface area (Å²) in [7, 11) is 0. The minimum Gasteiger partial charge on any atom is -0.355 e. The van der Waals surface area contributed by atoms with Gasteiger partial charge in [0, 0.05) is 44.4 Å². The highest BCUT2D eigenvalue weighted by molar-refractivity contribution is 5.93. The average molecular weight is 361 g/mol.